The molecule has 1 amide bonds. The third-order valence-corrected chi connectivity index (χ3v) is 4.61. The number of amides is 1. The minimum absolute atomic E-state index is 0.0763. The van der Waals surface area contributed by atoms with Crippen LogP contribution < -0.4 is 5.32 Å². The summed E-state index contributed by atoms with van der Waals surface area (Å²) in [5, 5.41) is 14.8. The summed E-state index contributed by atoms with van der Waals surface area (Å²) in [5.41, 5.74) is 1.22. The van der Waals surface area contributed by atoms with E-state index in [2.05, 4.69) is 22.3 Å². The maximum absolute atomic E-state index is 12.1. The fourth-order valence-corrected chi connectivity index (χ4v) is 3.49. The first-order valence-electron chi connectivity index (χ1n) is 7.99. The molecule has 2 bridgehead atoms. The Morgan fingerprint density at radius 3 is 2.87 bits per heavy atom. The Balaban J connectivity index is 1.55. The van der Waals surface area contributed by atoms with Gasteiger partial charge in [0.1, 0.15) is 5.75 Å². The molecule has 120 valence electrons. The molecular formula is C18H20N2O3. The number of rotatable bonds is 2. The molecule has 5 heteroatoms. The third-order valence-electron chi connectivity index (χ3n) is 4.61. The van der Waals surface area contributed by atoms with Gasteiger partial charge in [-0.15, -0.1) is 0 Å². The number of benzene rings is 2. The highest BCUT2D eigenvalue weighted by Gasteiger charge is 2.33. The molecule has 2 atom stereocenters. The van der Waals surface area contributed by atoms with E-state index in [-0.39, 0.29) is 23.6 Å². The number of phenolic OH excluding ortho intramolecular Hbond substituents is 1. The molecule has 2 aromatic carbocycles. The van der Waals surface area contributed by atoms with Gasteiger partial charge in [0.25, 0.3) is 0 Å². The van der Waals surface area contributed by atoms with Gasteiger partial charge in [-0.2, -0.15) is 0 Å². The van der Waals surface area contributed by atoms with Crippen molar-refractivity contribution in [2.45, 2.75) is 12.6 Å². The third kappa shape index (κ3) is 3.02. The smallest absolute Gasteiger partial charge is 0.227 e. The van der Waals surface area contributed by atoms with Gasteiger partial charge in [0.05, 0.1) is 25.2 Å². The molecule has 5 nitrogen and oxygen atoms in total. The predicted molar refractivity (Wildman–Crippen MR) is 87.1 cm³/mol. The lowest BCUT2D eigenvalue weighted by atomic mass is 10.1. The largest absolute Gasteiger partial charge is 0.508 e. The molecule has 2 N–H and O–H groups in total. The van der Waals surface area contributed by atoms with Crippen LogP contribution in [-0.4, -0.2) is 48.3 Å². The molecule has 2 aliphatic heterocycles. The van der Waals surface area contributed by atoms with Crippen molar-refractivity contribution in [1.82, 2.24) is 10.2 Å². The predicted octanol–water partition coefficient (Wildman–Crippen LogP) is 1.49. The Hall–Kier alpha value is -2.11. The van der Waals surface area contributed by atoms with Gasteiger partial charge in [0.15, 0.2) is 0 Å². The average Bonchev–Trinajstić information content (AvgIpc) is 2.76. The van der Waals surface area contributed by atoms with Crippen LogP contribution in [0.25, 0.3) is 10.8 Å². The molecule has 0 unspecified atom stereocenters. The van der Waals surface area contributed by atoms with Gasteiger partial charge in [0.2, 0.25) is 5.91 Å². The molecule has 0 radical (unpaired) electrons. The maximum atomic E-state index is 12.1. The molecule has 2 fully saturated rings. The van der Waals surface area contributed by atoms with E-state index in [1.165, 1.54) is 5.56 Å². The number of ether oxygens (including phenoxy) is 1. The van der Waals surface area contributed by atoms with E-state index in [1.54, 1.807) is 12.1 Å². The number of aromatic hydroxyl groups is 1. The van der Waals surface area contributed by atoms with Gasteiger partial charge >= 0.3 is 0 Å². The second kappa shape index (κ2) is 5.83. The molecule has 2 aliphatic rings. The maximum Gasteiger partial charge on any atom is 0.227 e. The van der Waals surface area contributed by atoms with Gasteiger partial charge in [0, 0.05) is 19.6 Å². The number of hydrogen-bond donors (Lipinski definition) is 2. The van der Waals surface area contributed by atoms with Crippen LogP contribution in [0.4, 0.5) is 0 Å². The van der Waals surface area contributed by atoms with Crippen molar-refractivity contribution in [3.05, 3.63) is 42.0 Å². The first kappa shape index (κ1) is 14.5. The minimum atomic E-state index is -0.0834. The van der Waals surface area contributed by atoms with Crippen molar-refractivity contribution in [3.8, 4) is 5.75 Å². The quantitative estimate of drug-likeness (QED) is 0.882. The van der Waals surface area contributed by atoms with Crippen molar-refractivity contribution in [2.75, 3.05) is 26.3 Å². The molecular weight excluding hydrogens is 292 g/mol. The van der Waals surface area contributed by atoms with Crippen molar-refractivity contribution >= 4 is 16.7 Å². The van der Waals surface area contributed by atoms with Crippen LogP contribution in [0.2, 0.25) is 0 Å². The monoisotopic (exact) mass is 312 g/mol. The first-order chi connectivity index (χ1) is 11.2. The second-order valence-corrected chi connectivity index (χ2v) is 6.50. The zero-order valence-electron chi connectivity index (χ0n) is 12.9. The number of nitrogens with zero attached hydrogens (tertiary/aromatic N) is 1. The summed E-state index contributed by atoms with van der Waals surface area (Å²) in [6, 6.07) is 11.8. The summed E-state index contributed by atoms with van der Waals surface area (Å²) < 4.78 is 5.57. The molecule has 23 heavy (non-hydrogen) atoms. The summed E-state index contributed by atoms with van der Waals surface area (Å²) in [6.45, 7) is 3.47. The molecule has 0 aromatic heterocycles. The first-order valence-corrected chi connectivity index (χ1v) is 7.99. The summed E-state index contributed by atoms with van der Waals surface area (Å²) in [6.07, 6.45) is 0. The van der Waals surface area contributed by atoms with Crippen LogP contribution in [0.1, 0.15) is 5.56 Å². The van der Waals surface area contributed by atoms with E-state index in [0.29, 0.717) is 13.2 Å². The fraction of sp³-hybridized carbons (Fsp3) is 0.389. The molecule has 2 heterocycles. The SMILES string of the molecule is O=C1N[C@@H]2COC[C@H]1CN(Cc1ccc3cc(O)ccc3c1)C2. The Kier molecular flexibility index (Phi) is 3.67. The van der Waals surface area contributed by atoms with E-state index in [0.717, 1.165) is 30.4 Å². The lowest BCUT2D eigenvalue weighted by Crippen LogP contribution is -2.41. The number of carbonyl (C=O) groups is 1. The summed E-state index contributed by atoms with van der Waals surface area (Å²) in [7, 11) is 0. The fourth-order valence-electron chi connectivity index (χ4n) is 3.49. The lowest BCUT2D eigenvalue weighted by Gasteiger charge is -2.27. The van der Waals surface area contributed by atoms with Gasteiger partial charge in [-0.1, -0.05) is 18.2 Å². The number of hydrogen-bond acceptors (Lipinski definition) is 4. The van der Waals surface area contributed by atoms with E-state index in [9.17, 15) is 9.90 Å². The highest BCUT2D eigenvalue weighted by molar-refractivity contribution is 5.84. The van der Waals surface area contributed by atoms with Crippen LogP contribution in [0, 0.1) is 5.92 Å². The minimum Gasteiger partial charge on any atom is -0.508 e. The Labute approximate surface area is 134 Å². The topological polar surface area (TPSA) is 61.8 Å². The van der Waals surface area contributed by atoms with E-state index in [1.807, 2.05) is 12.1 Å². The van der Waals surface area contributed by atoms with E-state index in [4.69, 9.17) is 4.74 Å². The van der Waals surface area contributed by atoms with E-state index >= 15 is 0 Å². The van der Waals surface area contributed by atoms with Gasteiger partial charge in [-0.05, 0) is 34.5 Å². The highest BCUT2D eigenvalue weighted by atomic mass is 16.5. The van der Waals surface area contributed by atoms with Crippen LogP contribution in [-0.2, 0) is 16.1 Å². The van der Waals surface area contributed by atoms with Crippen molar-refractivity contribution in [3.63, 3.8) is 0 Å². The normalized spacial score (nSPS) is 25.1. The van der Waals surface area contributed by atoms with Gasteiger partial charge in [-0.3, -0.25) is 9.69 Å². The molecule has 0 saturated carbocycles. The van der Waals surface area contributed by atoms with Crippen LogP contribution in [0.5, 0.6) is 5.75 Å². The van der Waals surface area contributed by atoms with Gasteiger partial charge < -0.3 is 15.2 Å². The molecule has 0 spiro atoms. The molecule has 2 aromatic rings. The Morgan fingerprint density at radius 2 is 1.96 bits per heavy atom. The summed E-state index contributed by atoms with van der Waals surface area (Å²) in [5.74, 6) is 0.319. The summed E-state index contributed by atoms with van der Waals surface area (Å²) >= 11 is 0. The second-order valence-electron chi connectivity index (χ2n) is 6.50. The average molecular weight is 312 g/mol. The number of phenols is 1. The Morgan fingerprint density at radius 1 is 1.13 bits per heavy atom. The van der Waals surface area contributed by atoms with Crippen molar-refractivity contribution in [1.29, 1.82) is 0 Å². The standard InChI is InChI=1S/C18H20N2O3/c21-17-4-3-13-5-12(1-2-14(13)6-17)7-20-8-15-10-23-11-16(9-20)19-18(15)22/h1-6,15-16,21H,7-11H2,(H,19,22)/t15-,16+/m1/s1. The lowest BCUT2D eigenvalue weighted by molar-refractivity contribution is -0.125. The zero-order valence-corrected chi connectivity index (χ0v) is 12.9. The number of nitrogens with one attached hydrogen (secondary N) is 1. The summed E-state index contributed by atoms with van der Waals surface area (Å²) in [4.78, 5) is 14.4. The van der Waals surface area contributed by atoms with Crippen LogP contribution >= 0.6 is 0 Å². The van der Waals surface area contributed by atoms with Crippen LogP contribution in [0.3, 0.4) is 0 Å². The van der Waals surface area contributed by atoms with Crippen LogP contribution in [0.15, 0.2) is 36.4 Å². The van der Waals surface area contributed by atoms with Crippen molar-refractivity contribution in [2.24, 2.45) is 5.92 Å². The molecule has 4 rings (SSSR count). The van der Waals surface area contributed by atoms with Crippen molar-refractivity contribution < 1.29 is 14.6 Å². The molecule has 0 aliphatic carbocycles. The Bertz CT molecular complexity index is 746. The molecule has 2 saturated heterocycles. The zero-order chi connectivity index (χ0) is 15.8. The number of carbonyl (C=O) groups excluding carboxylic acids is 1. The van der Waals surface area contributed by atoms with E-state index < -0.39 is 0 Å². The number of fused-ring (bicyclic) bond motifs is 4. The van der Waals surface area contributed by atoms with Gasteiger partial charge in [-0.25, -0.2) is 0 Å². The highest BCUT2D eigenvalue weighted by Crippen LogP contribution is 2.23.